The van der Waals surface area contributed by atoms with E-state index in [4.69, 9.17) is 4.74 Å². The minimum absolute atomic E-state index is 0.364. The summed E-state index contributed by atoms with van der Waals surface area (Å²) >= 11 is 0. The van der Waals surface area contributed by atoms with Crippen LogP contribution in [0.3, 0.4) is 0 Å². The minimum Gasteiger partial charge on any atom is -0.489 e. The summed E-state index contributed by atoms with van der Waals surface area (Å²) in [5.74, 6) is 1.63. The number of likely N-dealkylation sites (N-methyl/N-ethyl adjacent to an activating group) is 1. The van der Waals surface area contributed by atoms with Crippen LogP contribution in [0.1, 0.15) is 37.3 Å². The second-order valence-electron chi connectivity index (χ2n) is 5.47. The fourth-order valence-corrected chi connectivity index (χ4v) is 2.33. The van der Waals surface area contributed by atoms with Crippen molar-refractivity contribution in [1.82, 2.24) is 4.90 Å². The lowest BCUT2D eigenvalue weighted by Gasteiger charge is -2.17. The molecule has 0 aromatic heterocycles. The molecule has 1 aliphatic heterocycles. The van der Waals surface area contributed by atoms with Gasteiger partial charge in [-0.05, 0) is 43.5 Å². The molecule has 1 unspecified atom stereocenters. The van der Waals surface area contributed by atoms with Gasteiger partial charge in [-0.1, -0.05) is 26.0 Å². The van der Waals surface area contributed by atoms with Gasteiger partial charge in [0.1, 0.15) is 11.9 Å². The quantitative estimate of drug-likeness (QED) is 0.795. The van der Waals surface area contributed by atoms with Crippen molar-refractivity contribution in [1.29, 1.82) is 0 Å². The largest absolute Gasteiger partial charge is 0.489 e. The van der Waals surface area contributed by atoms with Crippen LogP contribution in [0.15, 0.2) is 18.2 Å². The molecule has 1 aromatic rings. The van der Waals surface area contributed by atoms with Crippen LogP contribution in [0.2, 0.25) is 0 Å². The van der Waals surface area contributed by atoms with Crippen molar-refractivity contribution in [2.24, 2.45) is 0 Å². The van der Waals surface area contributed by atoms with Gasteiger partial charge in [0.25, 0.3) is 0 Å². The van der Waals surface area contributed by atoms with Crippen molar-refractivity contribution < 1.29 is 4.74 Å². The van der Waals surface area contributed by atoms with E-state index >= 15 is 0 Å². The number of benzene rings is 1. The third kappa shape index (κ3) is 3.01. The molecule has 0 radical (unpaired) electrons. The van der Waals surface area contributed by atoms with Crippen molar-refractivity contribution in [3.63, 3.8) is 0 Å². The van der Waals surface area contributed by atoms with Gasteiger partial charge in [-0.3, -0.25) is 0 Å². The van der Waals surface area contributed by atoms with E-state index in [0.717, 1.165) is 25.3 Å². The van der Waals surface area contributed by atoms with Gasteiger partial charge in [0.15, 0.2) is 0 Å². The monoisotopic (exact) mass is 233 g/mol. The van der Waals surface area contributed by atoms with Gasteiger partial charge in [0.05, 0.1) is 0 Å². The first-order valence-corrected chi connectivity index (χ1v) is 6.52. The Morgan fingerprint density at radius 2 is 2.12 bits per heavy atom. The molecule has 1 saturated heterocycles. The van der Waals surface area contributed by atoms with Gasteiger partial charge < -0.3 is 9.64 Å². The SMILES string of the molecule is Cc1cc(C(C)C)ccc1OC1CCN(C)C1. The van der Waals surface area contributed by atoms with Crippen LogP contribution in [0.25, 0.3) is 0 Å². The molecule has 0 saturated carbocycles. The maximum Gasteiger partial charge on any atom is 0.122 e. The summed E-state index contributed by atoms with van der Waals surface area (Å²) < 4.78 is 6.07. The van der Waals surface area contributed by atoms with Crippen molar-refractivity contribution in [2.45, 2.75) is 39.2 Å². The second kappa shape index (κ2) is 5.09. The first kappa shape index (κ1) is 12.4. The van der Waals surface area contributed by atoms with Crippen LogP contribution in [0, 0.1) is 6.92 Å². The minimum atomic E-state index is 0.364. The molecule has 0 N–H and O–H groups in total. The Labute approximate surface area is 105 Å². The molecule has 0 aliphatic carbocycles. The predicted molar refractivity (Wildman–Crippen MR) is 71.8 cm³/mol. The topological polar surface area (TPSA) is 12.5 Å². The van der Waals surface area contributed by atoms with Crippen LogP contribution >= 0.6 is 0 Å². The number of aryl methyl sites for hydroxylation is 1. The van der Waals surface area contributed by atoms with Crippen molar-refractivity contribution in [3.05, 3.63) is 29.3 Å². The van der Waals surface area contributed by atoms with Crippen molar-refractivity contribution in [2.75, 3.05) is 20.1 Å². The van der Waals surface area contributed by atoms with Gasteiger partial charge in [-0.15, -0.1) is 0 Å². The third-order valence-electron chi connectivity index (χ3n) is 3.51. The molecule has 1 heterocycles. The molecular weight excluding hydrogens is 210 g/mol. The van der Waals surface area contributed by atoms with E-state index in [1.807, 2.05) is 0 Å². The summed E-state index contributed by atoms with van der Waals surface area (Å²) in [7, 11) is 2.15. The summed E-state index contributed by atoms with van der Waals surface area (Å²) in [5, 5.41) is 0. The summed E-state index contributed by atoms with van der Waals surface area (Å²) in [4.78, 5) is 2.32. The maximum atomic E-state index is 6.07. The zero-order valence-corrected chi connectivity index (χ0v) is 11.4. The Kier molecular flexibility index (Phi) is 3.72. The van der Waals surface area contributed by atoms with E-state index in [9.17, 15) is 0 Å². The number of rotatable bonds is 3. The van der Waals surface area contributed by atoms with Gasteiger partial charge in [-0.2, -0.15) is 0 Å². The number of nitrogens with zero attached hydrogens (tertiary/aromatic N) is 1. The average molecular weight is 233 g/mol. The molecule has 0 bridgehead atoms. The molecule has 2 nitrogen and oxygen atoms in total. The zero-order chi connectivity index (χ0) is 12.4. The summed E-state index contributed by atoms with van der Waals surface area (Å²) in [6.45, 7) is 8.78. The highest BCUT2D eigenvalue weighted by atomic mass is 16.5. The van der Waals surface area contributed by atoms with Crippen molar-refractivity contribution in [3.8, 4) is 5.75 Å². The number of hydrogen-bond donors (Lipinski definition) is 0. The van der Waals surface area contributed by atoms with Crippen LogP contribution in [0.4, 0.5) is 0 Å². The molecular formula is C15H23NO. The Bertz CT molecular complexity index is 387. The Morgan fingerprint density at radius 3 is 2.65 bits per heavy atom. The average Bonchev–Trinajstić information content (AvgIpc) is 2.67. The van der Waals surface area contributed by atoms with Gasteiger partial charge >= 0.3 is 0 Å². The molecule has 0 spiro atoms. The predicted octanol–water partition coefficient (Wildman–Crippen LogP) is 3.20. The highest BCUT2D eigenvalue weighted by molar-refractivity contribution is 5.37. The first-order valence-electron chi connectivity index (χ1n) is 6.52. The lowest BCUT2D eigenvalue weighted by Crippen LogP contribution is -2.21. The maximum absolute atomic E-state index is 6.07. The van der Waals surface area contributed by atoms with Gasteiger partial charge in [0, 0.05) is 13.1 Å². The Hall–Kier alpha value is -1.02. The molecule has 17 heavy (non-hydrogen) atoms. The zero-order valence-electron chi connectivity index (χ0n) is 11.4. The van der Waals surface area contributed by atoms with Crippen LogP contribution in [-0.4, -0.2) is 31.1 Å². The molecule has 1 atom stereocenters. The van der Waals surface area contributed by atoms with Crippen LogP contribution in [-0.2, 0) is 0 Å². The van der Waals surface area contributed by atoms with E-state index < -0.39 is 0 Å². The number of ether oxygens (including phenoxy) is 1. The molecule has 1 fully saturated rings. The lowest BCUT2D eigenvalue weighted by atomic mass is 10.0. The summed E-state index contributed by atoms with van der Waals surface area (Å²) in [5.41, 5.74) is 2.64. The highest BCUT2D eigenvalue weighted by Gasteiger charge is 2.21. The standard InChI is InChI=1S/C15H23NO/c1-11(2)13-5-6-15(12(3)9-13)17-14-7-8-16(4)10-14/h5-6,9,11,14H,7-8,10H2,1-4H3. The highest BCUT2D eigenvalue weighted by Crippen LogP contribution is 2.25. The van der Waals surface area contributed by atoms with E-state index in [0.29, 0.717) is 12.0 Å². The first-order chi connectivity index (χ1) is 8.06. The van der Waals surface area contributed by atoms with Crippen molar-refractivity contribution >= 4 is 0 Å². The van der Waals surface area contributed by atoms with E-state index in [-0.39, 0.29) is 0 Å². The molecule has 94 valence electrons. The van der Waals surface area contributed by atoms with E-state index in [1.54, 1.807) is 0 Å². The van der Waals surface area contributed by atoms with Gasteiger partial charge in [0.2, 0.25) is 0 Å². The van der Waals surface area contributed by atoms with Crippen LogP contribution < -0.4 is 4.74 Å². The second-order valence-corrected chi connectivity index (χ2v) is 5.47. The fourth-order valence-electron chi connectivity index (χ4n) is 2.33. The Morgan fingerprint density at radius 1 is 1.35 bits per heavy atom. The molecule has 1 aliphatic rings. The smallest absolute Gasteiger partial charge is 0.122 e. The Balaban J connectivity index is 2.06. The molecule has 0 amide bonds. The van der Waals surface area contributed by atoms with E-state index in [2.05, 4.69) is 50.9 Å². The fraction of sp³-hybridized carbons (Fsp3) is 0.600. The summed E-state index contributed by atoms with van der Waals surface area (Å²) in [6, 6.07) is 6.56. The molecule has 2 rings (SSSR count). The lowest BCUT2D eigenvalue weighted by molar-refractivity contribution is 0.207. The van der Waals surface area contributed by atoms with Crippen LogP contribution in [0.5, 0.6) is 5.75 Å². The number of likely N-dealkylation sites (tertiary alicyclic amines) is 1. The third-order valence-corrected chi connectivity index (χ3v) is 3.51. The van der Waals surface area contributed by atoms with E-state index in [1.165, 1.54) is 11.1 Å². The summed E-state index contributed by atoms with van der Waals surface area (Å²) in [6.07, 6.45) is 1.51. The number of hydrogen-bond acceptors (Lipinski definition) is 2. The van der Waals surface area contributed by atoms with Gasteiger partial charge in [-0.25, -0.2) is 0 Å². The molecule has 1 aromatic carbocycles. The molecule has 2 heteroatoms. The normalized spacial score (nSPS) is 21.1.